The Hall–Kier alpha value is -3.39. The van der Waals surface area contributed by atoms with Gasteiger partial charge in [0.05, 0.1) is 17.3 Å². The minimum atomic E-state index is -0.367. The number of pyridine rings is 1. The molecule has 0 bridgehead atoms. The molecule has 0 radical (unpaired) electrons. The number of piperidine rings is 1. The van der Waals surface area contributed by atoms with Crippen LogP contribution in [-0.2, 0) is 0 Å². The summed E-state index contributed by atoms with van der Waals surface area (Å²) in [5.74, 6) is 0. The van der Waals surface area contributed by atoms with Crippen molar-refractivity contribution in [1.82, 2.24) is 14.9 Å². The lowest BCUT2D eigenvalue weighted by Crippen LogP contribution is -2.41. The van der Waals surface area contributed by atoms with Crippen LogP contribution in [-0.4, -0.2) is 61.4 Å². The molecule has 2 aromatic carbocycles. The Morgan fingerprint density at radius 1 is 1.03 bits per heavy atom. The average molecular weight is 497 g/mol. The lowest BCUT2D eigenvalue weighted by molar-refractivity contribution is 0.249. The molecule has 6 nitrogen and oxygen atoms in total. The van der Waals surface area contributed by atoms with E-state index in [4.69, 9.17) is 0 Å². The Kier molecular flexibility index (Phi) is 6.96. The SMILES string of the molecule is CN(C)C1CCN(c2ccc(-c3cc4c(Nc5ccc(C#N)cc5P(C)C)ccnc4[nH]3)cc2)CC1. The molecule has 1 fully saturated rings. The van der Waals surface area contributed by atoms with E-state index in [1.54, 1.807) is 0 Å². The topological polar surface area (TPSA) is 71.0 Å². The summed E-state index contributed by atoms with van der Waals surface area (Å²) in [6, 6.07) is 21.9. The minimum absolute atomic E-state index is 0.367. The van der Waals surface area contributed by atoms with E-state index in [-0.39, 0.29) is 7.92 Å². The van der Waals surface area contributed by atoms with Crippen molar-refractivity contribution in [3.63, 3.8) is 0 Å². The van der Waals surface area contributed by atoms with Crippen LogP contribution in [0.3, 0.4) is 0 Å². The largest absolute Gasteiger partial charge is 0.371 e. The van der Waals surface area contributed by atoms with Gasteiger partial charge in [0.2, 0.25) is 0 Å². The number of nitrogens with one attached hydrogen (secondary N) is 2. The molecule has 184 valence electrons. The van der Waals surface area contributed by atoms with Crippen molar-refractivity contribution < 1.29 is 0 Å². The predicted molar refractivity (Wildman–Crippen MR) is 153 cm³/mol. The maximum atomic E-state index is 9.32. The summed E-state index contributed by atoms with van der Waals surface area (Å²) in [6.07, 6.45) is 4.24. The third kappa shape index (κ3) is 4.95. The van der Waals surface area contributed by atoms with E-state index in [0.717, 1.165) is 46.8 Å². The number of H-pyrrole nitrogens is 1. The molecule has 0 aliphatic carbocycles. The molecule has 2 N–H and O–H groups in total. The van der Waals surface area contributed by atoms with E-state index < -0.39 is 0 Å². The van der Waals surface area contributed by atoms with E-state index in [1.165, 1.54) is 23.8 Å². The summed E-state index contributed by atoms with van der Waals surface area (Å²) < 4.78 is 0. The lowest BCUT2D eigenvalue weighted by atomic mass is 10.0. The highest BCUT2D eigenvalue weighted by Crippen LogP contribution is 2.34. The highest BCUT2D eigenvalue weighted by Gasteiger charge is 2.21. The fourth-order valence-electron chi connectivity index (χ4n) is 5.01. The number of benzene rings is 2. The third-order valence-electron chi connectivity index (χ3n) is 7.15. The molecule has 3 heterocycles. The molecule has 4 aromatic rings. The number of aromatic nitrogens is 2. The number of rotatable bonds is 6. The molecule has 1 aliphatic rings. The van der Waals surface area contributed by atoms with Crippen LogP contribution in [0.2, 0.25) is 0 Å². The van der Waals surface area contributed by atoms with Crippen molar-refractivity contribution in [1.29, 1.82) is 5.26 Å². The van der Waals surface area contributed by atoms with Crippen LogP contribution in [0.25, 0.3) is 22.3 Å². The summed E-state index contributed by atoms with van der Waals surface area (Å²) in [4.78, 5) is 12.9. The molecule has 2 aromatic heterocycles. The average Bonchev–Trinajstić information content (AvgIpc) is 3.34. The van der Waals surface area contributed by atoms with Gasteiger partial charge in [-0.1, -0.05) is 20.1 Å². The van der Waals surface area contributed by atoms with Crippen LogP contribution in [0.15, 0.2) is 60.8 Å². The van der Waals surface area contributed by atoms with Gasteiger partial charge in [-0.15, -0.1) is 0 Å². The summed E-state index contributed by atoms with van der Waals surface area (Å²) >= 11 is 0. The number of anilines is 3. The quantitative estimate of drug-likeness (QED) is 0.333. The zero-order valence-electron chi connectivity index (χ0n) is 21.4. The highest BCUT2D eigenvalue weighted by atomic mass is 31.1. The molecule has 1 aliphatic heterocycles. The van der Waals surface area contributed by atoms with Crippen LogP contribution in [0.4, 0.5) is 17.1 Å². The maximum Gasteiger partial charge on any atom is 0.139 e. The van der Waals surface area contributed by atoms with Gasteiger partial charge >= 0.3 is 0 Å². The molecule has 5 rings (SSSR count). The van der Waals surface area contributed by atoms with Crippen LogP contribution in [0.1, 0.15) is 18.4 Å². The second-order valence-electron chi connectivity index (χ2n) is 9.90. The summed E-state index contributed by atoms with van der Waals surface area (Å²) in [7, 11) is 3.99. The van der Waals surface area contributed by atoms with Gasteiger partial charge in [0.15, 0.2) is 0 Å². The first-order valence-corrected chi connectivity index (χ1v) is 14.6. The van der Waals surface area contributed by atoms with Gasteiger partial charge < -0.3 is 20.1 Å². The fourth-order valence-corrected chi connectivity index (χ4v) is 6.02. The van der Waals surface area contributed by atoms with E-state index in [9.17, 15) is 5.26 Å². The maximum absolute atomic E-state index is 9.32. The van der Waals surface area contributed by atoms with Crippen LogP contribution in [0, 0.1) is 11.3 Å². The van der Waals surface area contributed by atoms with Gasteiger partial charge in [-0.05, 0) is 88.3 Å². The Labute approximate surface area is 214 Å². The second-order valence-corrected chi connectivity index (χ2v) is 12.2. The van der Waals surface area contributed by atoms with Gasteiger partial charge in [0.25, 0.3) is 0 Å². The molecule has 0 amide bonds. The monoisotopic (exact) mass is 496 g/mol. The molecule has 0 atom stereocenters. The van der Waals surface area contributed by atoms with Crippen molar-refractivity contribution in [2.24, 2.45) is 0 Å². The molecular formula is C29H33N6P. The zero-order chi connectivity index (χ0) is 25.2. The van der Waals surface area contributed by atoms with Crippen molar-refractivity contribution in [2.75, 3.05) is 50.7 Å². The van der Waals surface area contributed by atoms with Crippen molar-refractivity contribution in [2.45, 2.75) is 18.9 Å². The number of hydrogen-bond acceptors (Lipinski definition) is 5. The Bertz CT molecular complexity index is 1390. The number of nitrogens with zero attached hydrogens (tertiary/aromatic N) is 4. The van der Waals surface area contributed by atoms with Gasteiger partial charge in [0.1, 0.15) is 5.65 Å². The van der Waals surface area contributed by atoms with Gasteiger partial charge in [-0.2, -0.15) is 5.26 Å². The highest BCUT2D eigenvalue weighted by molar-refractivity contribution is 7.64. The van der Waals surface area contributed by atoms with Gasteiger partial charge in [-0.25, -0.2) is 4.98 Å². The fraction of sp³-hybridized carbons (Fsp3) is 0.310. The summed E-state index contributed by atoms with van der Waals surface area (Å²) in [6.45, 7) is 6.62. The molecule has 0 spiro atoms. The summed E-state index contributed by atoms with van der Waals surface area (Å²) in [5.41, 5.74) is 7.09. The van der Waals surface area contributed by atoms with E-state index in [1.807, 2.05) is 30.5 Å². The Morgan fingerprint density at radius 3 is 2.44 bits per heavy atom. The first-order valence-electron chi connectivity index (χ1n) is 12.4. The lowest BCUT2D eigenvalue weighted by Gasteiger charge is -2.36. The van der Waals surface area contributed by atoms with Crippen molar-refractivity contribution in [3.05, 3.63) is 66.4 Å². The number of aromatic amines is 1. The standard InChI is InChI=1S/C29H33N6P/c1-34(2)22-12-15-35(16-13-22)23-8-6-21(7-9-23)27-18-24-25(11-14-31-29(24)33-27)32-26-10-5-20(19-30)17-28(26)36(3)4/h5-11,14,17-18,22H,12-13,15-16H2,1-4H3,(H2,31,32,33). The third-order valence-corrected chi connectivity index (χ3v) is 8.48. The summed E-state index contributed by atoms with van der Waals surface area (Å²) in [5, 5.41) is 15.2. The Balaban J connectivity index is 1.38. The molecule has 0 saturated carbocycles. The molecular weight excluding hydrogens is 463 g/mol. The predicted octanol–water partition coefficient (Wildman–Crippen LogP) is 5.74. The molecule has 0 unspecified atom stereocenters. The Morgan fingerprint density at radius 2 is 1.78 bits per heavy atom. The number of fused-ring (bicyclic) bond motifs is 1. The van der Waals surface area contributed by atoms with Gasteiger partial charge in [-0.3, -0.25) is 0 Å². The van der Waals surface area contributed by atoms with Crippen LogP contribution in [0.5, 0.6) is 0 Å². The number of hydrogen-bond donors (Lipinski definition) is 2. The first-order chi connectivity index (χ1) is 17.4. The molecule has 36 heavy (non-hydrogen) atoms. The smallest absolute Gasteiger partial charge is 0.139 e. The first kappa shape index (κ1) is 24.3. The second kappa shape index (κ2) is 10.3. The van der Waals surface area contributed by atoms with Crippen LogP contribution >= 0.6 is 7.92 Å². The van der Waals surface area contributed by atoms with E-state index in [2.05, 4.69) is 88.9 Å². The van der Waals surface area contributed by atoms with Crippen LogP contribution < -0.4 is 15.5 Å². The van der Waals surface area contributed by atoms with Crippen molar-refractivity contribution >= 4 is 41.3 Å². The molecule has 7 heteroatoms. The normalized spacial score (nSPS) is 14.5. The van der Waals surface area contributed by atoms with Crippen molar-refractivity contribution in [3.8, 4) is 17.3 Å². The van der Waals surface area contributed by atoms with E-state index in [0.29, 0.717) is 11.6 Å². The van der Waals surface area contributed by atoms with Gasteiger partial charge in [0, 0.05) is 53.1 Å². The molecule has 1 saturated heterocycles. The number of nitriles is 1. The zero-order valence-corrected chi connectivity index (χ0v) is 22.3. The minimum Gasteiger partial charge on any atom is -0.371 e. The van der Waals surface area contributed by atoms with E-state index >= 15 is 0 Å².